The molecule has 0 N–H and O–H groups in total. The maximum absolute atomic E-state index is 12.6. The van der Waals surface area contributed by atoms with Crippen LogP contribution in [0.1, 0.15) is 50.2 Å². The zero-order chi connectivity index (χ0) is 14.8. The van der Waals surface area contributed by atoms with Crippen LogP contribution in [0.15, 0.2) is 6.20 Å². The quantitative estimate of drug-likeness (QED) is 0.810. The van der Waals surface area contributed by atoms with Gasteiger partial charge < -0.3 is 9.64 Å². The van der Waals surface area contributed by atoms with Crippen molar-refractivity contribution in [1.29, 1.82) is 0 Å². The van der Waals surface area contributed by atoms with Gasteiger partial charge in [-0.3, -0.25) is 4.79 Å². The van der Waals surface area contributed by atoms with Gasteiger partial charge in [0.15, 0.2) is 0 Å². The second kappa shape index (κ2) is 6.18. The third kappa shape index (κ3) is 2.72. The van der Waals surface area contributed by atoms with Crippen molar-refractivity contribution in [2.24, 2.45) is 5.41 Å². The van der Waals surface area contributed by atoms with Crippen molar-refractivity contribution in [2.75, 3.05) is 13.2 Å². The van der Waals surface area contributed by atoms with E-state index in [0.29, 0.717) is 4.88 Å². The molecular formula is C14H23N3O2S. The number of rotatable bonds is 6. The minimum atomic E-state index is -0.00104. The predicted octanol–water partition coefficient (Wildman–Crippen LogP) is 2.59. The van der Waals surface area contributed by atoms with Crippen LogP contribution < -0.4 is 0 Å². The summed E-state index contributed by atoms with van der Waals surface area (Å²) < 4.78 is 9.55. The fourth-order valence-electron chi connectivity index (χ4n) is 2.92. The van der Waals surface area contributed by atoms with Crippen molar-refractivity contribution >= 4 is 17.4 Å². The summed E-state index contributed by atoms with van der Waals surface area (Å²) in [5.74, 6) is 0.0508. The highest BCUT2D eigenvalue weighted by Crippen LogP contribution is 2.46. The highest BCUT2D eigenvalue weighted by Gasteiger charge is 2.52. The molecule has 0 saturated heterocycles. The lowest BCUT2D eigenvalue weighted by molar-refractivity contribution is -0.140. The van der Waals surface area contributed by atoms with Gasteiger partial charge in [-0.1, -0.05) is 25.3 Å². The SMILES string of the molecule is CCCN(C(=O)c1cnns1)[C@@H]1C[C@@H](OCC)C1(C)C. The molecule has 1 heterocycles. The Balaban J connectivity index is 2.12. The number of nitrogens with zero attached hydrogens (tertiary/aromatic N) is 3. The molecule has 6 heteroatoms. The second-order valence-corrected chi connectivity index (χ2v) is 6.58. The fourth-order valence-corrected chi connectivity index (χ4v) is 3.39. The molecule has 0 spiro atoms. The molecule has 5 nitrogen and oxygen atoms in total. The molecule has 1 aromatic heterocycles. The minimum Gasteiger partial charge on any atom is -0.378 e. The Hall–Kier alpha value is -1.01. The van der Waals surface area contributed by atoms with E-state index in [1.165, 1.54) is 0 Å². The smallest absolute Gasteiger partial charge is 0.267 e. The highest BCUT2D eigenvalue weighted by molar-refractivity contribution is 7.07. The van der Waals surface area contributed by atoms with Crippen LogP contribution in [0.25, 0.3) is 0 Å². The summed E-state index contributed by atoms with van der Waals surface area (Å²) in [5, 5.41) is 3.77. The van der Waals surface area contributed by atoms with Gasteiger partial charge in [0, 0.05) is 24.6 Å². The largest absolute Gasteiger partial charge is 0.378 e. The van der Waals surface area contributed by atoms with Crippen molar-refractivity contribution in [3.05, 3.63) is 11.1 Å². The van der Waals surface area contributed by atoms with Gasteiger partial charge in [-0.2, -0.15) is 0 Å². The van der Waals surface area contributed by atoms with Crippen LogP contribution in [0.3, 0.4) is 0 Å². The number of hydrogen-bond donors (Lipinski definition) is 0. The van der Waals surface area contributed by atoms with Crippen molar-refractivity contribution in [3.8, 4) is 0 Å². The molecule has 2 rings (SSSR count). The first-order valence-corrected chi connectivity index (χ1v) is 7.99. The molecule has 1 saturated carbocycles. The number of aromatic nitrogens is 2. The van der Waals surface area contributed by atoms with Gasteiger partial charge in [0.05, 0.1) is 12.3 Å². The molecule has 0 aromatic carbocycles. The maximum atomic E-state index is 12.6. The molecule has 0 bridgehead atoms. The molecule has 0 radical (unpaired) electrons. The summed E-state index contributed by atoms with van der Waals surface area (Å²) in [6.45, 7) is 9.97. The van der Waals surface area contributed by atoms with Crippen LogP contribution in [0.4, 0.5) is 0 Å². The highest BCUT2D eigenvalue weighted by atomic mass is 32.1. The summed E-state index contributed by atoms with van der Waals surface area (Å²) in [7, 11) is 0. The van der Waals surface area contributed by atoms with Crippen LogP contribution in [0, 0.1) is 5.41 Å². The average Bonchev–Trinajstić information content (AvgIpc) is 2.94. The molecule has 112 valence electrons. The van der Waals surface area contributed by atoms with E-state index in [4.69, 9.17) is 4.74 Å². The van der Waals surface area contributed by atoms with E-state index in [2.05, 4.69) is 30.4 Å². The molecule has 1 fully saturated rings. The van der Waals surface area contributed by atoms with E-state index in [9.17, 15) is 4.79 Å². The van der Waals surface area contributed by atoms with Gasteiger partial charge in [0.25, 0.3) is 5.91 Å². The van der Waals surface area contributed by atoms with E-state index in [1.54, 1.807) is 6.20 Å². The Labute approximate surface area is 124 Å². The number of carbonyl (C=O) groups excluding carboxylic acids is 1. The van der Waals surface area contributed by atoms with E-state index >= 15 is 0 Å². The molecule has 1 aromatic rings. The van der Waals surface area contributed by atoms with Gasteiger partial charge in [0.2, 0.25) is 0 Å². The topological polar surface area (TPSA) is 55.3 Å². The lowest BCUT2D eigenvalue weighted by Gasteiger charge is -2.55. The Morgan fingerprint density at radius 1 is 1.55 bits per heavy atom. The third-order valence-electron chi connectivity index (χ3n) is 4.17. The standard InChI is InChI=1S/C14H23N3O2S/c1-5-7-17(13(18)10-9-15-16-20-10)11-8-12(19-6-2)14(11,3)4/h9,11-12H,5-8H2,1-4H3/t11-,12-/m1/s1. The van der Waals surface area contributed by atoms with Crippen molar-refractivity contribution in [3.63, 3.8) is 0 Å². The molecular weight excluding hydrogens is 274 g/mol. The van der Waals surface area contributed by atoms with Crippen LogP contribution >= 0.6 is 11.5 Å². The van der Waals surface area contributed by atoms with Crippen molar-refractivity contribution in [2.45, 2.75) is 52.7 Å². The first kappa shape index (κ1) is 15.4. The number of hydrogen-bond acceptors (Lipinski definition) is 5. The monoisotopic (exact) mass is 297 g/mol. The Bertz CT molecular complexity index is 447. The molecule has 0 unspecified atom stereocenters. The number of ether oxygens (including phenoxy) is 1. The molecule has 1 aliphatic carbocycles. The number of amides is 1. The third-order valence-corrected chi connectivity index (χ3v) is 4.82. The zero-order valence-corrected chi connectivity index (χ0v) is 13.4. The van der Waals surface area contributed by atoms with Crippen LogP contribution in [-0.2, 0) is 4.74 Å². The lowest BCUT2D eigenvalue weighted by atomic mass is 9.63. The van der Waals surface area contributed by atoms with Crippen LogP contribution in [-0.4, -0.2) is 45.7 Å². The number of carbonyl (C=O) groups is 1. The molecule has 0 aliphatic heterocycles. The van der Waals surface area contributed by atoms with E-state index in [0.717, 1.165) is 37.5 Å². The summed E-state index contributed by atoms with van der Waals surface area (Å²) in [6.07, 6.45) is 3.66. The molecule has 1 amide bonds. The summed E-state index contributed by atoms with van der Waals surface area (Å²) >= 11 is 1.16. The van der Waals surface area contributed by atoms with Gasteiger partial charge in [-0.15, -0.1) is 5.10 Å². The minimum absolute atomic E-state index is 0.00104. The van der Waals surface area contributed by atoms with Crippen LogP contribution in [0.5, 0.6) is 0 Å². The Morgan fingerprint density at radius 3 is 2.80 bits per heavy atom. The summed E-state index contributed by atoms with van der Waals surface area (Å²) in [4.78, 5) is 15.2. The van der Waals surface area contributed by atoms with E-state index < -0.39 is 0 Å². The van der Waals surface area contributed by atoms with Crippen molar-refractivity contribution in [1.82, 2.24) is 14.5 Å². The summed E-state index contributed by atoms with van der Waals surface area (Å²) in [5.41, 5.74) is -0.00104. The Morgan fingerprint density at radius 2 is 2.30 bits per heavy atom. The first-order chi connectivity index (χ1) is 9.52. The van der Waals surface area contributed by atoms with Gasteiger partial charge in [-0.05, 0) is 31.3 Å². The van der Waals surface area contributed by atoms with Gasteiger partial charge in [-0.25, -0.2) is 0 Å². The van der Waals surface area contributed by atoms with Crippen molar-refractivity contribution < 1.29 is 9.53 Å². The predicted molar refractivity (Wildman–Crippen MR) is 78.8 cm³/mol. The lowest BCUT2D eigenvalue weighted by Crippen LogP contribution is -2.63. The first-order valence-electron chi connectivity index (χ1n) is 7.22. The fraction of sp³-hybridized carbons (Fsp3) is 0.786. The van der Waals surface area contributed by atoms with Crippen LogP contribution in [0.2, 0.25) is 0 Å². The maximum Gasteiger partial charge on any atom is 0.267 e. The second-order valence-electron chi connectivity index (χ2n) is 5.80. The van der Waals surface area contributed by atoms with Gasteiger partial charge in [0.1, 0.15) is 4.88 Å². The van der Waals surface area contributed by atoms with E-state index in [1.807, 2.05) is 11.8 Å². The van der Waals surface area contributed by atoms with Gasteiger partial charge >= 0.3 is 0 Å². The average molecular weight is 297 g/mol. The summed E-state index contributed by atoms with van der Waals surface area (Å²) in [6, 6.07) is 0.230. The molecule has 20 heavy (non-hydrogen) atoms. The van der Waals surface area contributed by atoms with E-state index in [-0.39, 0.29) is 23.5 Å². The molecule has 1 aliphatic rings. The molecule has 2 atom stereocenters. The Kier molecular flexibility index (Phi) is 4.75. The zero-order valence-electron chi connectivity index (χ0n) is 12.6. The normalized spacial score (nSPS) is 24.2.